The molecule has 2 heterocycles. The highest BCUT2D eigenvalue weighted by Gasteiger charge is 2.21. The van der Waals surface area contributed by atoms with Gasteiger partial charge >= 0.3 is 0 Å². The number of anilines is 2. The van der Waals surface area contributed by atoms with Crippen LogP contribution in [-0.2, 0) is 44.8 Å². The van der Waals surface area contributed by atoms with Gasteiger partial charge in [-0.1, -0.05) is 54.1 Å². The molecular weight excluding hydrogens is 758 g/mol. The van der Waals surface area contributed by atoms with E-state index in [1.165, 1.54) is 47.9 Å². The molecule has 0 amide bonds. The number of rotatable bonds is 6. The number of halogens is 3. The van der Waals surface area contributed by atoms with E-state index in [-0.39, 0.29) is 46.0 Å². The molecule has 0 bridgehead atoms. The molecule has 2 aliphatic carbocycles. The van der Waals surface area contributed by atoms with E-state index in [1.54, 1.807) is 54.6 Å². The fourth-order valence-electron chi connectivity index (χ4n) is 6.12. The highest BCUT2D eigenvalue weighted by molar-refractivity contribution is 8.13. The van der Waals surface area contributed by atoms with Gasteiger partial charge in [0.15, 0.2) is 23.2 Å². The molecule has 2 aromatic heterocycles. The molecule has 0 radical (unpaired) electrons. The van der Waals surface area contributed by atoms with Gasteiger partial charge in [0.1, 0.15) is 11.6 Å². The second-order valence-electron chi connectivity index (χ2n) is 12.5. The average molecular weight is 797 g/mol. The number of nitrogens with zero attached hydrogens (tertiary/aromatic N) is 2. The van der Waals surface area contributed by atoms with Crippen LogP contribution in [0.4, 0.5) is 20.4 Å². The lowest BCUT2D eigenvalue weighted by atomic mass is 9.92. The van der Waals surface area contributed by atoms with Gasteiger partial charge in [-0.2, -0.15) is 0 Å². The first-order valence-corrected chi connectivity index (χ1v) is 20.6. The lowest BCUT2D eigenvalue weighted by Crippen LogP contribution is -2.14. The lowest BCUT2D eigenvalue weighted by molar-refractivity contribution is 0.433. The van der Waals surface area contributed by atoms with E-state index < -0.39 is 24.9 Å². The van der Waals surface area contributed by atoms with Crippen LogP contribution >= 0.6 is 10.7 Å². The van der Waals surface area contributed by atoms with Crippen LogP contribution in [0.15, 0.2) is 116 Å². The third-order valence-electron chi connectivity index (χ3n) is 8.79. The van der Waals surface area contributed by atoms with Crippen molar-refractivity contribution in [1.29, 1.82) is 0 Å². The molecule has 0 saturated heterocycles. The maximum absolute atomic E-state index is 13.8. The van der Waals surface area contributed by atoms with Crippen molar-refractivity contribution in [3.63, 3.8) is 0 Å². The molecule has 6 aromatic rings. The Hall–Kier alpha value is -5.05. The van der Waals surface area contributed by atoms with Crippen LogP contribution in [0.3, 0.4) is 0 Å². The summed E-state index contributed by atoms with van der Waals surface area (Å²) in [5, 5.41) is 7.17. The fraction of sp³-hybridized carbons (Fsp3) is 0.231. The smallest absolute Gasteiger partial charge is 0.263 e. The summed E-state index contributed by atoms with van der Waals surface area (Å²) in [4.78, 5) is 0.411. The highest BCUT2D eigenvalue weighted by atomic mass is 35.7. The quantitative estimate of drug-likeness (QED) is 0.157. The summed E-state index contributed by atoms with van der Waals surface area (Å²) in [7, 11) is -2.08. The second-order valence-corrected chi connectivity index (χ2v) is 16.7. The Kier molecular flexibility index (Phi) is 12.9. The van der Waals surface area contributed by atoms with Crippen molar-refractivity contribution in [1.82, 2.24) is 10.3 Å². The number of hydrogen-bond acceptors (Lipinski definition) is 9. The summed E-state index contributed by atoms with van der Waals surface area (Å²) < 4.78 is 86.7. The van der Waals surface area contributed by atoms with Gasteiger partial charge < -0.3 is 14.8 Å². The molecule has 0 atom stereocenters. The van der Waals surface area contributed by atoms with Crippen LogP contribution in [0, 0.1) is 11.6 Å². The minimum atomic E-state index is -3.79. The molecule has 4 aromatic carbocycles. The predicted octanol–water partition coefficient (Wildman–Crippen LogP) is 9.35. The lowest BCUT2D eigenvalue weighted by Gasteiger charge is -2.16. The minimum absolute atomic E-state index is 0. The Labute approximate surface area is 317 Å². The van der Waals surface area contributed by atoms with Crippen LogP contribution < -0.4 is 10.5 Å². The van der Waals surface area contributed by atoms with Crippen molar-refractivity contribution >= 4 is 41.4 Å². The van der Waals surface area contributed by atoms with Crippen molar-refractivity contribution in [2.75, 3.05) is 10.5 Å². The Morgan fingerprint density at radius 1 is 0.611 bits per heavy atom. The van der Waals surface area contributed by atoms with E-state index in [0.717, 1.165) is 56.1 Å². The van der Waals surface area contributed by atoms with Gasteiger partial charge in [0.05, 0.1) is 20.9 Å². The van der Waals surface area contributed by atoms with Gasteiger partial charge in [0, 0.05) is 22.8 Å². The largest absolute Gasteiger partial charge is 0.381 e. The Bertz CT molecular complexity index is 2450. The first kappa shape index (κ1) is 40.1. The fourth-order valence-corrected chi connectivity index (χ4v) is 7.96. The minimum Gasteiger partial charge on any atom is -0.381 e. The van der Waals surface area contributed by atoms with Crippen molar-refractivity contribution in [2.24, 2.45) is 0 Å². The molecule has 2 aliphatic rings. The topological polar surface area (TPSA) is 158 Å². The molecule has 0 aliphatic heterocycles. The third-order valence-corrected chi connectivity index (χ3v) is 11.5. The van der Waals surface area contributed by atoms with Crippen LogP contribution in [0.2, 0.25) is 0 Å². The van der Waals surface area contributed by atoms with Crippen LogP contribution in [0.25, 0.3) is 22.6 Å². The van der Waals surface area contributed by atoms with Gasteiger partial charge in [-0.25, -0.2) is 25.6 Å². The second kappa shape index (κ2) is 17.4. The SMILES string of the molecule is C.Nc1cc(-c2ccccc2F)on1.O=S(=O)(Cl)c1ccc2c(c1)CCCC2.O=S(=O)(Nc1cc(-c2ccccc2F)on1)c1ccc2c(c1)CCCC2. The summed E-state index contributed by atoms with van der Waals surface area (Å²) in [5.41, 5.74) is 10.6. The number of nitrogens with one attached hydrogen (secondary N) is 1. The van der Waals surface area contributed by atoms with Crippen LogP contribution in [-0.4, -0.2) is 27.1 Å². The zero-order chi connectivity index (χ0) is 37.6. The standard InChI is InChI=1S/C19H17FN2O3S.C10H11ClO2S.C9H7FN2O.CH4/c20-17-8-4-3-7-16(17)18-12-19(21-25-18)22-26(23,24)15-10-9-13-5-1-2-6-14(13)11-15;11-14(12,13)10-6-5-8-3-1-2-4-9(8)7-10;10-7-4-2-1-3-6(7)8-5-9(11)12-13-8;/h3-4,7-12H,1-2,5-6H2,(H,21,22);5-7H,1-4H2;1-5H,(H2,11,12);1H4. The Morgan fingerprint density at radius 3 is 1.57 bits per heavy atom. The Balaban J connectivity index is 0.000000169. The van der Waals surface area contributed by atoms with Crippen molar-refractivity contribution in [2.45, 2.75) is 68.6 Å². The van der Waals surface area contributed by atoms with Crippen molar-refractivity contribution in [3.8, 4) is 22.6 Å². The van der Waals surface area contributed by atoms with E-state index in [0.29, 0.717) is 11.3 Å². The summed E-state index contributed by atoms with van der Waals surface area (Å²) in [5.74, 6) is -0.0486. The molecule has 10 nitrogen and oxygen atoms in total. The van der Waals surface area contributed by atoms with Gasteiger partial charge in [-0.15, -0.1) is 0 Å². The number of nitrogen functional groups attached to an aromatic ring is 1. The summed E-state index contributed by atoms with van der Waals surface area (Å²) in [6.07, 6.45) is 8.43. The predicted molar refractivity (Wildman–Crippen MR) is 205 cm³/mol. The normalized spacial score (nSPS) is 13.5. The number of aromatic nitrogens is 2. The third kappa shape index (κ3) is 9.92. The monoisotopic (exact) mass is 796 g/mol. The van der Waals surface area contributed by atoms with Crippen LogP contribution in [0.5, 0.6) is 0 Å². The molecule has 15 heteroatoms. The van der Waals surface area contributed by atoms with E-state index in [4.69, 9.17) is 25.5 Å². The highest BCUT2D eigenvalue weighted by Crippen LogP contribution is 2.29. The number of fused-ring (bicyclic) bond motifs is 2. The number of sulfonamides is 1. The number of nitrogens with two attached hydrogens (primary N) is 1. The summed E-state index contributed by atoms with van der Waals surface area (Å²) in [6, 6.07) is 25.6. The van der Waals surface area contributed by atoms with Gasteiger partial charge in [-0.3, -0.25) is 4.72 Å². The molecule has 0 saturated carbocycles. The zero-order valence-corrected chi connectivity index (χ0v) is 30.7. The van der Waals surface area contributed by atoms with Gasteiger partial charge in [0.25, 0.3) is 19.1 Å². The molecule has 0 spiro atoms. The first-order valence-electron chi connectivity index (χ1n) is 16.8. The maximum atomic E-state index is 13.8. The zero-order valence-electron chi connectivity index (χ0n) is 28.3. The summed E-state index contributed by atoms with van der Waals surface area (Å²) >= 11 is 0. The maximum Gasteiger partial charge on any atom is 0.263 e. The molecule has 0 unspecified atom stereocenters. The molecule has 8 rings (SSSR count). The van der Waals surface area contributed by atoms with E-state index in [9.17, 15) is 25.6 Å². The number of hydrogen-bond donors (Lipinski definition) is 2. The first-order chi connectivity index (χ1) is 25.4. The van der Waals surface area contributed by atoms with E-state index in [1.807, 2.05) is 12.1 Å². The number of aryl methyl sites for hydroxylation is 4. The van der Waals surface area contributed by atoms with E-state index in [2.05, 4.69) is 15.0 Å². The molecule has 0 fully saturated rings. The number of benzene rings is 4. The molecule has 284 valence electrons. The molecule has 3 N–H and O–H groups in total. The Morgan fingerprint density at radius 2 is 1.07 bits per heavy atom. The van der Waals surface area contributed by atoms with E-state index >= 15 is 0 Å². The summed E-state index contributed by atoms with van der Waals surface area (Å²) in [6.45, 7) is 0. The van der Waals surface area contributed by atoms with Gasteiger partial charge in [-0.05, 0) is 122 Å². The van der Waals surface area contributed by atoms with Crippen LogP contribution in [0.1, 0.15) is 55.4 Å². The molecule has 54 heavy (non-hydrogen) atoms. The van der Waals surface area contributed by atoms with Crippen molar-refractivity contribution < 1.29 is 34.7 Å². The molecular formula is C39H39ClF2N4O6S2. The van der Waals surface area contributed by atoms with Gasteiger partial charge in [0.2, 0.25) is 0 Å². The van der Waals surface area contributed by atoms with Crippen molar-refractivity contribution in [3.05, 3.63) is 131 Å². The average Bonchev–Trinajstić information content (AvgIpc) is 3.80.